The summed E-state index contributed by atoms with van der Waals surface area (Å²) in [6, 6.07) is 10.8. The molecule has 2 aromatic rings. The molecule has 0 radical (unpaired) electrons. The van der Waals surface area contributed by atoms with Gasteiger partial charge in [0.05, 0.1) is 6.61 Å². The van der Waals surface area contributed by atoms with Gasteiger partial charge in [0, 0.05) is 27.3 Å². The number of ether oxygens (including phenoxy) is 2. The standard InChI is InChI=1S/C17H13ClO6/c1-2-22-16(20)23-17(24-21)13-6-4-3-5-11(13)15(19)12-9-10(18)7-8-14(12)17/h3-9,21H,2H2,1H3. The normalized spacial score (nSPS) is 18.5. The highest BCUT2D eigenvalue weighted by Gasteiger charge is 2.49. The van der Waals surface area contributed by atoms with Crippen molar-refractivity contribution < 1.29 is 29.2 Å². The van der Waals surface area contributed by atoms with Crippen LogP contribution in [0.15, 0.2) is 42.5 Å². The maximum atomic E-state index is 12.7. The highest BCUT2D eigenvalue weighted by atomic mass is 35.5. The maximum absolute atomic E-state index is 12.7. The van der Waals surface area contributed by atoms with Crippen molar-refractivity contribution in [1.82, 2.24) is 0 Å². The van der Waals surface area contributed by atoms with E-state index in [0.29, 0.717) is 5.02 Å². The Kier molecular flexibility index (Phi) is 4.28. The molecule has 7 heteroatoms. The van der Waals surface area contributed by atoms with Crippen molar-refractivity contribution in [3.63, 3.8) is 0 Å². The van der Waals surface area contributed by atoms with Gasteiger partial charge in [-0.2, -0.15) is 4.89 Å². The molecule has 3 rings (SSSR count). The van der Waals surface area contributed by atoms with Gasteiger partial charge in [-0.3, -0.25) is 4.79 Å². The van der Waals surface area contributed by atoms with E-state index in [1.807, 2.05) is 0 Å². The maximum Gasteiger partial charge on any atom is 0.511 e. The van der Waals surface area contributed by atoms with Crippen LogP contribution in [0.2, 0.25) is 5.02 Å². The molecule has 0 spiro atoms. The smallest absolute Gasteiger partial charge is 0.435 e. The van der Waals surface area contributed by atoms with Gasteiger partial charge in [-0.05, 0) is 25.1 Å². The third-order valence-corrected chi connectivity index (χ3v) is 3.96. The van der Waals surface area contributed by atoms with Gasteiger partial charge in [-0.1, -0.05) is 35.9 Å². The first kappa shape index (κ1) is 16.4. The summed E-state index contributed by atoms with van der Waals surface area (Å²) in [5, 5.41) is 9.95. The number of hydrogen-bond donors (Lipinski definition) is 1. The highest BCUT2D eigenvalue weighted by molar-refractivity contribution is 6.31. The fourth-order valence-electron chi connectivity index (χ4n) is 2.74. The van der Waals surface area contributed by atoms with Crippen molar-refractivity contribution in [3.8, 4) is 0 Å². The van der Waals surface area contributed by atoms with E-state index in [4.69, 9.17) is 21.1 Å². The molecule has 1 aliphatic carbocycles. The van der Waals surface area contributed by atoms with Crippen molar-refractivity contribution in [2.24, 2.45) is 0 Å². The van der Waals surface area contributed by atoms with Crippen LogP contribution < -0.4 is 0 Å². The average molecular weight is 349 g/mol. The van der Waals surface area contributed by atoms with E-state index in [0.717, 1.165) is 0 Å². The molecule has 0 amide bonds. The van der Waals surface area contributed by atoms with Crippen molar-refractivity contribution in [2.45, 2.75) is 12.7 Å². The van der Waals surface area contributed by atoms with E-state index in [9.17, 15) is 14.8 Å². The lowest BCUT2D eigenvalue weighted by Gasteiger charge is -2.35. The van der Waals surface area contributed by atoms with Gasteiger partial charge in [0.25, 0.3) is 0 Å². The molecule has 0 saturated heterocycles. The lowest BCUT2D eigenvalue weighted by atomic mass is 9.80. The lowest BCUT2D eigenvalue weighted by Crippen LogP contribution is -2.41. The molecule has 2 aromatic carbocycles. The second kappa shape index (κ2) is 6.24. The Bertz CT molecular complexity index is 818. The van der Waals surface area contributed by atoms with E-state index in [1.54, 1.807) is 25.1 Å². The number of ketones is 1. The molecule has 124 valence electrons. The van der Waals surface area contributed by atoms with Crippen LogP contribution >= 0.6 is 11.6 Å². The van der Waals surface area contributed by atoms with Gasteiger partial charge < -0.3 is 9.47 Å². The third kappa shape index (κ3) is 2.45. The molecule has 24 heavy (non-hydrogen) atoms. The Labute approximate surface area is 142 Å². The predicted molar refractivity (Wildman–Crippen MR) is 83.9 cm³/mol. The summed E-state index contributed by atoms with van der Waals surface area (Å²) in [7, 11) is 0. The average Bonchev–Trinajstić information content (AvgIpc) is 2.59. The van der Waals surface area contributed by atoms with Crippen molar-refractivity contribution in [3.05, 3.63) is 69.7 Å². The summed E-state index contributed by atoms with van der Waals surface area (Å²) in [5.41, 5.74) is 0.747. The lowest BCUT2D eigenvalue weighted by molar-refractivity contribution is -0.383. The topological polar surface area (TPSA) is 82.1 Å². The Hall–Kier alpha value is -2.41. The number of fused-ring (bicyclic) bond motifs is 2. The summed E-state index contributed by atoms with van der Waals surface area (Å²) in [4.78, 5) is 29.2. The first-order valence-corrected chi connectivity index (χ1v) is 7.54. The molecule has 0 aliphatic heterocycles. The Morgan fingerprint density at radius 1 is 1.17 bits per heavy atom. The fraction of sp³-hybridized carbons (Fsp3) is 0.176. The molecule has 0 fully saturated rings. The molecule has 1 unspecified atom stereocenters. The zero-order valence-corrected chi connectivity index (χ0v) is 13.4. The number of carbonyl (C=O) groups is 2. The monoisotopic (exact) mass is 348 g/mol. The summed E-state index contributed by atoms with van der Waals surface area (Å²) in [6.07, 6.45) is -1.04. The van der Waals surface area contributed by atoms with E-state index in [1.165, 1.54) is 24.3 Å². The molecule has 1 atom stereocenters. The summed E-state index contributed by atoms with van der Waals surface area (Å²) >= 11 is 5.97. The Balaban J connectivity index is 2.26. The number of rotatable bonds is 3. The first-order valence-electron chi connectivity index (χ1n) is 7.16. The molecule has 1 aliphatic rings. The van der Waals surface area contributed by atoms with Gasteiger partial charge >= 0.3 is 11.9 Å². The molecule has 1 N–H and O–H groups in total. The largest absolute Gasteiger partial charge is 0.511 e. The van der Waals surface area contributed by atoms with Crippen LogP contribution in [-0.4, -0.2) is 23.8 Å². The minimum atomic E-state index is -2.02. The SMILES string of the molecule is CCOC(=O)OC1(OO)c2ccccc2C(=O)c2cc(Cl)ccc21. The minimum Gasteiger partial charge on any atom is -0.435 e. The van der Waals surface area contributed by atoms with Crippen molar-refractivity contribution in [2.75, 3.05) is 6.61 Å². The summed E-state index contributed by atoms with van der Waals surface area (Å²) in [6.45, 7) is 1.69. The van der Waals surface area contributed by atoms with E-state index < -0.39 is 11.9 Å². The molecule has 0 saturated carbocycles. The molecule has 6 nitrogen and oxygen atoms in total. The van der Waals surface area contributed by atoms with Gasteiger partial charge in [0.1, 0.15) is 0 Å². The van der Waals surface area contributed by atoms with E-state index in [-0.39, 0.29) is 34.6 Å². The zero-order chi connectivity index (χ0) is 17.3. The molecular formula is C17H13ClO6. The fourth-order valence-corrected chi connectivity index (χ4v) is 2.91. The number of hydrogen-bond acceptors (Lipinski definition) is 6. The van der Waals surface area contributed by atoms with Crippen LogP contribution in [0.1, 0.15) is 34.0 Å². The van der Waals surface area contributed by atoms with Crippen LogP contribution in [0.5, 0.6) is 0 Å². The van der Waals surface area contributed by atoms with Gasteiger partial charge in [0.15, 0.2) is 5.78 Å². The van der Waals surface area contributed by atoms with Gasteiger partial charge in [-0.15, -0.1) is 0 Å². The van der Waals surface area contributed by atoms with E-state index in [2.05, 4.69) is 4.89 Å². The zero-order valence-electron chi connectivity index (χ0n) is 12.6. The van der Waals surface area contributed by atoms with Gasteiger partial charge in [0.2, 0.25) is 0 Å². The quantitative estimate of drug-likeness (QED) is 0.394. The second-order valence-electron chi connectivity index (χ2n) is 5.06. The molecule has 0 heterocycles. The number of halogens is 1. The van der Waals surface area contributed by atoms with Crippen LogP contribution in [-0.2, 0) is 20.1 Å². The summed E-state index contributed by atoms with van der Waals surface area (Å²) in [5.74, 6) is -2.33. The first-order chi connectivity index (χ1) is 11.5. The minimum absolute atomic E-state index is 0.0778. The van der Waals surface area contributed by atoms with Crippen LogP contribution in [0, 0.1) is 0 Å². The Morgan fingerprint density at radius 3 is 2.58 bits per heavy atom. The predicted octanol–water partition coefficient (Wildman–Crippen LogP) is 3.75. The molecule has 0 bridgehead atoms. The van der Waals surface area contributed by atoms with Crippen LogP contribution in [0.25, 0.3) is 0 Å². The number of carbonyl (C=O) groups excluding carboxylic acids is 2. The van der Waals surface area contributed by atoms with Crippen LogP contribution in [0.3, 0.4) is 0 Å². The van der Waals surface area contributed by atoms with Gasteiger partial charge in [-0.25, -0.2) is 10.1 Å². The van der Waals surface area contributed by atoms with Crippen molar-refractivity contribution >= 4 is 23.5 Å². The third-order valence-electron chi connectivity index (χ3n) is 3.72. The second-order valence-corrected chi connectivity index (χ2v) is 5.49. The van der Waals surface area contributed by atoms with Crippen molar-refractivity contribution in [1.29, 1.82) is 0 Å². The molecular weight excluding hydrogens is 336 g/mol. The molecule has 0 aromatic heterocycles. The Morgan fingerprint density at radius 2 is 1.88 bits per heavy atom. The van der Waals surface area contributed by atoms with E-state index >= 15 is 0 Å². The van der Waals surface area contributed by atoms with Crippen LogP contribution in [0.4, 0.5) is 4.79 Å². The highest BCUT2D eigenvalue weighted by Crippen LogP contribution is 2.44. The number of benzene rings is 2. The summed E-state index contributed by atoms with van der Waals surface area (Å²) < 4.78 is 10.1.